The van der Waals surface area contributed by atoms with Crippen molar-refractivity contribution in [2.75, 3.05) is 20.3 Å². The third-order valence-corrected chi connectivity index (χ3v) is 1.85. The van der Waals surface area contributed by atoms with Crippen LogP contribution in [-0.4, -0.2) is 32.2 Å². The monoisotopic (exact) mass is 188 g/mol. The number of carbonyl (C=O) groups excluding carboxylic acids is 1. The molecule has 13 heavy (non-hydrogen) atoms. The lowest BCUT2D eigenvalue weighted by atomic mass is 10.1. The van der Waals surface area contributed by atoms with Crippen LogP contribution in [0.3, 0.4) is 0 Å². The molecule has 0 radical (unpaired) electrons. The molecule has 0 heterocycles. The molecule has 78 valence electrons. The third-order valence-electron chi connectivity index (χ3n) is 1.85. The fourth-order valence-corrected chi connectivity index (χ4v) is 1.06. The van der Waals surface area contributed by atoms with E-state index >= 15 is 0 Å². The Morgan fingerprint density at radius 2 is 2.15 bits per heavy atom. The maximum atomic E-state index is 11.4. The zero-order valence-corrected chi connectivity index (χ0v) is 8.67. The van der Waals surface area contributed by atoms with Crippen molar-refractivity contribution < 1.29 is 9.53 Å². The quantitative estimate of drug-likeness (QED) is 0.622. The van der Waals surface area contributed by atoms with E-state index in [-0.39, 0.29) is 17.9 Å². The number of hydrogen-bond acceptors (Lipinski definition) is 3. The maximum absolute atomic E-state index is 11.4. The van der Waals surface area contributed by atoms with Crippen molar-refractivity contribution in [1.82, 2.24) is 5.32 Å². The van der Waals surface area contributed by atoms with Gasteiger partial charge in [0.05, 0.1) is 6.61 Å². The highest BCUT2D eigenvalue weighted by atomic mass is 16.5. The smallest absolute Gasteiger partial charge is 0.223 e. The molecular formula is C9H20N2O2. The highest BCUT2D eigenvalue weighted by Crippen LogP contribution is 2.00. The Morgan fingerprint density at radius 3 is 2.62 bits per heavy atom. The molecule has 0 aliphatic carbocycles. The number of methoxy groups -OCH3 is 1. The maximum Gasteiger partial charge on any atom is 0.223 e. The van der Waals surface area contributed by atoms with Crippen molar-refractivity contribution in [1.29, 1.82) is 0 Å². The van der Waals surface area contributed by atoms with Gasteiger partial charge in [-0.25, -0.2) is 0 Å². The summed E-state index contributed by atoms with van der Waals surface area (Å²) in [5.41, 5.74) is 5.35. The minimum absolute atomic E-state index is 0.00990. The van der Waals surface area contributed by atoms with Gasteiger partial charge in [0, 0.05) is 19.1 Å². The molecule has 0 spiro atoms. The molecule has 0 fully saturated rings. The second-order valence-corrected chi connectivity index (χ2v) is 3.34. The normalized spacial score (nSPS) is 15.1. The van der Waals surface area contributed by atoms with Gasteiger partial charge < -0.3 is 15.8 Å². The van der Waals surface area contributed by atoms with Crippen LogP contribution in [0.5, 0.6) is 0 Å². The zero-order valence-electron chi connectivity index (χ0n) is 8.67. The molecular weight excluding hydrogens is 168 g/mol. The summed E-state index contributed by atoms with van der Waals surface area (Å²) in [5, 5.41) is 2.85. The van der Waals surface area contributed by atoms with Gasteiger partial charge in [0.2, 0.25) is 5.91 Å². The van der Waals surface area contributed by atoms with Gasteiger partial charge in [-0.05, 0) is 19.9 Å². The Kier molecular flexibility index (Phi) is 6.54. The summed E-state index contributed by atoms with van der Waals surface area (Å²) in [6.07, 6.45) is 0.728. The van der Waals surface area contributed by atoms with Crippen LogP contribution in [0.15, 0.2) is 0 Å². The van der Waals surface area contributed by atoms with Gasteiger partial charge in [-0.15, -0.1) is 0 Å². The van der Waals surface area contributed by atoms with E-state index in [1.807, 2.05) is 13.8 Å². The van der Waals surface area contributed by atoms with Crippen LogP contribution in [0.4, 0.5) is 0 Å². The second-order valence-electron chi connectivity index (χ2n) is 3.34. The largest absolute Gasteiger partial charge is 0.383 e. The van der Waals surface area contributed by atoms with Crippen LogP contribution in [0.25, 0.3) is 0 Å². The van der Waals surface area contributed by atoms with Crippen molar-refractivity contribution in [3.63, 3.8) is 0 Å². The number of nitrogens with one attached hydrogen (secondary N) is 1. The highest BCUT2D eigenvalue weighted by Gasteiger charge is 2.13. The van der Waals surface area contributed by atoms with Gasteiger partial charge in [0.25, 0.3) is 0 Å². The van der Waals surface area contributed by atoms with Crippen molar-refractivity contribution >= 4 is 5.91 Å². The van der Waals surface area contributed by atoms with E-state index in [0.29, 0.717) is 13.2 Å². The average Bonchev–Trinajstić information content (AvgIpc) is 2.05. The van der Waals surface area contributed by atoms with Crippen LogP contribution in [0.2, 0.25) is 0 Å². The molecule has 4 heteroatoms. The molecule has 1 amide bonds. The van der Waals surface area contributed by atoms with Crippen LogP contribution in [0, 0.1) is 5.92 Å². The fraction of sp³-hybridized carbons (Fsp3) is 0.889. The Labute approximate surface area is 79.8 Å². The van der Waals surface area contributed by atoms with E-state index in [0.717, 1.165) is 6.42 Å². The number of carbonyl (C=O) groups is 1. The van der Waals surface area contributed by atoms with Crippen molar-refractivity contribution in [2.45, 2.75) is 26.3 Å². The van der Waals surface area contributed by atoms with Crippen LogP contribution in [0.1, 0.15) is 20.3 Å². The predicted molar refractivity (Wildman–Crippen MR) is 52.3 cm³/mol. The topological polar surface area (TPSA) is 64.3 Å². The summed E-state index contributed by atoms with van der Waals surface area (Å²) in [5.74, 6) is 0.0410. The Hall–Kier alpha value is -0.610. The first-order chi connectivity index (χ1) is 6.11. The average molecular weight is 188 g/mol. The molecule has 0 aromatic heterocycles. The number of hydrogen-bond donors (Lipinski definition) is 2. The number of ether oxygens (including phenoxy) is 1. The Bertz CT molecular complexity index is 151. The lowest BCUT2D eigenvalue weighted by molar-refractivity contribution is -0.125. The summed E-state index contributed by atoms with van der Waals surface area (Å²) < 4.78 is 4.90. The van der Waals surface area contributed by atoms with E-state index in [9.17, 15) is 4.79 Å². The van der Waals surface area contributed by atoms with Gasteiger partial charge in [-0.2, -0.15) is 0 Å². The number of nitrogens with two attached hydrogens (primary N) is 1. The first-order valence-corrected chi connectivity index (χ1v) is 4.61. The summed E-state index contributed by atoms with van der Waals surface area (Å²) in [4.78, 5) is 11.4. The zero-order chi connectivity index (χ0) is 10.3. The minimum Gasteiger partial charge on any atom is -0.383 e. The minimum atomic E-state index is -0.00990. The Morgan fingerprint density at radius 1 is 1.54 bits per heavy atom. The molecule has 0 saturated carbocycles. The van der Waals surface area contributed by atoms with E-state index in [1.165, 1.54) is 0 Å². The molecule has 0 aliphatic rings. The number of rotatable bonds is 6. The molecule has 0 saturated heterocycles. The van der Waals surface area contributed by atoms with Gasteiger partial charge in [-0.3, -0.25) is 4.79 Å². The summed E-state index contributed by atoms with van der Waals surface area (Å²) in [6.45, 7) is 4.88. The van der Waals surface area contributed by atoms with E-state index in [2.05, 4.69) is 5.32 Å². The molecule has 0 aromatic rings. The van der Waals surface area contributed by atoms with Gasteiger partial charge in [0.1, 0.15) is 0 Å². The van der Waals surface area contributed by atoms with Crippen LogP contribution in [-0.2, 0) is 9.53 Å². The van der Waals surface area contributed by atoms with Crippen LogP contribution >= 0.6 is 0 Å². The molecule has 0 rings (SSSR count). The first-order valence-electron chi connectivity index (χ1n) is 4.61. The lowest BCUT2D eigenvalue weighted by Gasteiger charge is -2.16. The van der Waals surface area contributed by atoms with E-state index in [4.69, 9.17) is 10.5 Å². The summed E-state index contributed by atoms with van der Waals surface area (Å²) >= 11 is 0. The molecule has 2 unspecified atom stereocenters. The first kappa shape index (κ1) is 12.4. The standard InChI is InChI=1S/C9H20N2O2/c1-7(4-5-10)9(12)11-8(2)6-13-3/h7-8H,4-6,10H2,1-3H3,(H,11,12). The van der Waals surface area contributed by atoms with Crippen molar-refractivity contribution in [3.8, 4) is 0 Å². The van der Waals surface area contributed by atoms with E-state index in [1.54, 1.807) is 7.11 Å². The van der Waals surface area contributed by atoms with Gasteiger partial charge in [0.15, 0.2) is 0 Å². The predicted octanol–water partition coefficient (Wildman–Crippen LogP) is 0.122. The lowest BCUT2D eigenvalue weighted by Crippen LogP contribution is -2.39. The second kappa shape index (κ2) is 6.86. The fourth-order valence-electron chi connectivity index (χ4n) is 1.06. The molecule has 0 bridgehead atoms. The van der Waals surface area contributed by atoms with Crippen molar-refractivity contribution in [3.05, 3.63) is 0 Å². The number of amides is 1. The SMILES string of the molecule is COCC(C)NC(=O)C(C)CCN. The molecule has 0 aromatic carbocycles. The van der Waals surface area contributed by atoms with Gasteiger partial charge >= 0.3 is 0 Å². The molecule has 3 N–H and O–H groups in total. The van der Waals surface area contributed by atoms with Crippen LogP contribution < -0.4 is 11.1 Å². The van der Waals surface area contributed by atoms with Gasteiger partial charge in [-0.1, -0.05) is 6.92 Å². The summed E-state index contributed by atoms with van der Waals surface area (Å²) in [7, 11) is 1.62. The molecule has 4 nitrogen and oxygen atoms in total. The Balaban J connectivity index is 3.71. The van der Waals surface area contributed by atoms with Crippen molar-refractivity contribution in [2.24, 2.45) is 11.7 Å². The summed E-state index contributed by atoms with van der Waals surface area (Å²) in [6, 6.07) is 0.0673. The van der Waals surface area contributed by atoms with E-state index < -0.39 is 0 Å². The highest BCUT2D eigenvalue weighted by molar-refractivity contribution is 5.78. The molecule has 0 aliphatic heterocycles. The molecule has 2 atom stereocenters. The third kappa shape index (κ3) is 5.60.